The third-order valence-corrected chi connectivity index (χ3v) is 5.24. The quantitative estimate of drug-likeness (QED) is 0.366. The molecule has 0 spiro atoms. The number of rotatable bonds is 12. The van der Waals surface area contributed by atoms with Gasteiger partial charge >= 0.3 is 0 Å². The highest BCUT2D eigenvalue weighted by molar-refractivity contribution is 6.20. The first-order chi connectivity index (χ1) is 16.3. The van der Waals surface area contributed by atoms with E-state index >= 15 is 0 Å². The first kappa shape index (κ1) is 25.2. The monoisotopic (exact) mass is 469 g/mol. The van der Waals surface area contributed by atoms with E-state index in [4.69, 9.17) is 18.9 Å². The van der Waals surface area contributed by atoms with Crippen LogP contribution in [0.5, 0.6) is 11.5 Å². The van der Waals surface area contributed by atoms with E-state index in [1.54, 1.807) is 19.2 Å². The van der Waals surface area contributed by atoms with Crippen molar-refractivity contribution in [1.29, 1.82) is 0 Å². The summed E-state index contributed by atoms with van der Waals surface area (Å²) in [6, 6.07) is 3.44. The number of nitrogens with zero attached hydrogens (tertiary/aromatic N) is 2. The molecule has 1 atom stereocenters. The van der Waals surface area contributed by atoms with Gasteiger partial charge in [0, 0.05) is 30.7 Å². The van der Waals surface area contributed by atoms with Gasteiger partial charge in [0.25, 0.3) is 0 Å². The van der Waals surface area contributed by atoms with Gasteiger partial charge in [-0.25, -0.2) is 9.97 Å². The second-order valence-corrected chi connectivity index (χ2v) is 8.40. The van der Waals surface area contributed by atoms with Crippen molar-refractivity contribution in [3.63, 3.8) is 0 Å². The number of ether oxygens (including phenoxy) is 4. The molecule has 9 nitrogen and oxygen atoms in total. The van der Waals surface area contributed by atoms with Crippen molar-refractivity contribution in [2.24, 2.45) is 5.92 Å². The second kappa shape index (κ2) is 11.6. The number of nitrogens with one attached hydrogen (secondary N) is 1. The molecule has 0 radical (unpaired) electrons. The van der Waals surface area contributed by atoms with Crippen LogP contribution >= 0.6 is 0 Å². The number of carbonyl (C=O) groups excluding carboxylic acids is 2. The Hall–Kier alpha value is -3.46. The minimum Gasteiger partial charge on any atom is -0.493 e. The van der Waals surface area contributed by atoms with Crippen LogP contribution in [-0.2, 0) is 19.1 Å². The molecule has 0 fully saturated rings. The summed E-state index contributed by atoms with van der Waals surface area (Å²) in [5, 5.41) is 3.57. The van der Waals surface area contributed by atoms with Crippen LogP contribution in [0.25, 0.3) is 10.9 Å². The summed E-state index contributed by atoms with van der Waals surface area (Å²) in [5.41, 5.74) is 0.686. The molecule has 1 aromatic carbocycles. The number of fused-ring (bicyclic) bond motifs is 1. The van der Waals surface area contributed by atoms with E-state index in [0.29, 0.717) is 47.4 Å². The van der Waals surface area contributed by atoms with Crippen molar-refractivity contribution in [3.8, 4) is 11.5 Å². The van der Waals surface area contributed by atoms with Gasteiger partial charge in [-0.3, -0.25) is 9.59 Å². The molecule has 0 bridgehead atoms. The van der Waals surface area contributed by atoms with E-state index in [1.807, 2.05) is 6.92 Å². The smallest absolute Gasteiger partial charge is 0.222 e. The maximum absolute atomic E-state index is 12.7. The highest BCUT2D eigenvalue weighted by atomic mass is 16.5. The number of aromatic nitrogens is 2. The topological polar surface area (TPSA) is 109 Å². The van der Waals surface area contributed by atoms with Crippen molar-refractivity contribution in [2.45, 2.75) is 39.7 Å². The van der Waals surface area contributed by atoms with Crippen LogP contribution in [0.3, 0.4) is 0 Å². The number of methoxy groups -OCH3 is 2. The third kappa shape index (κ3) is 6.32. The summed E-state index contributed by atoms with van der Waals surface area (Å²) in [7, 11) is 3.12. The molecule has 0 saturated carbocycles. The summed E-state index contributed by atoms with van der Waals surface area (Å²) in [6.45, 7) is 6.93. The molecule has 1 N–H and O–H groups in total. The maximum Gasteiger partial charge on any atom is 0.222 e. The fourth-order valence-corrected chi connectivity index (χ4v) is 3.37. The second-order valence-electron chi connectivity index (χ2n) is 8.40. The van der Waals surface area contributed by atoms with Crippen molar-refractivity contribution < 1.29 is 28.5 Å². The fraction of sp³-hybridized carbons (Fsp3) is 0.440. The summed E-state index contributed by atoms with van der Waals surface area (Å²) in [4.78, 5) is 33.9. The number of benzene rings is 1. The highest BCUT2D eigenvalue weighted by Crippen LogP contribution is 2.34. The van der Waals surface area contributed by atoms with Gasteiger partial charge in [-0.15, -0.1) is 0 Å². The predicted octanol–water partition coefficient (Wildman–Crippen LogP) is 3.84. The Kier molecular flexibility index (Phi) is 8.59. The van der Waals surface area contributed by atoms with Gasteiger partial charge < -0.3 is 24.3 Å². The molecule has 1 aliphatic rings. The van der Waals surface area contributed by atoms with E-state index in [2.05, 4.69) is 29.1 Å². The van der Waals surface area contributed by atoms with Gasteiger partial charge in [-0.1, -0.05) is 13.8 Å². The lowest BCUT2D eigenvalue weighted by atomic mass is 10.0. The number of hydrogen-bond acceptors (Lipinski definition) is 9. The Morgan fingerprint density at radius 3 is 2.44 bits per heavy atom. The van der Waals surface area contributed by atoms with Crippen molar-refractivity contribution in [1.82, 2.24) is 9.97 Å². The van der Waals surface area contributed by atoms with Gasteiger partial charge in [0.15, 0.2) is 17.3 Å². The molecule has 0 saturated heterocycles. The zero-order valence-corrected chi connectivity index (χ0v) is 20.2. The zero-order chi connectivity index (χ0) is 24.7. The fourth-order valence-electron chi connectivity index (χ4n) is 3.37. The summed E-state index contributed by atoms with van der Waals surface area (Å²) in [6.07, 6.45) is 5.45. The van der Waals surface area contributed by atoms with Crippen molar-refractivity contribution >= 4 is 28.3 Å². The first-order valence-corrected chi connectivity index (χ1v) is 11.2. The van der Waals surface area contributed by atoms with Crippen LogP contribution in [-0.4, -0.2) is 55.1 Å². The van der Waals surface area contributed by atoms with Crippen LogP contribution in [0.1, 0.15) is 33.6 Å². The van der Waals surface area contributed by atoms with Gasteiger partial charge in [-0.2, -0.15) is 0 Å². The minimum atomic E-state index is -0.372. The Morgan fingerprint density at radius 1 is 0.941 bits per heavy atom. The minimum absolute atomic E-state index is 0.0545. The van der Waals surface area contributed by atoms with Gasteiger partial charge in [-0.05, 0) is 31.7 Å². The molecular formula is C25H31N3O6. The number of anilines is 1. The largest absolute Gasteiger partial charge is 0.493 e. The number of carbonyl (C=O) groups is 2. The Balaban J connectivity index is 1.78. The average molecular weight is 470 g/mol. The van der Waals surface area contributed by atoms with E-state index in [1.165, 1.54) is 25.6 Å². The summed E-state index contributed by atoms with van der Waals surface area (Å²) >= 11 is 0. The number of hydrogen-bond donors (Lipinski definition) is 1. The van der Waals surface area contributed by atoms with Crippen LogP contribution in [0.2, 0.25) is 0 Å². The molecular weight excluding hydrogens is 438 g/mol. The zero-order valence-electron chi connectivity index (χ0n) is 20.2. The van der Waals surface area contributed by atoms with E-state index in [-0.39, 0.29) is 29.1 Å². The molecule has 9 heteroatoms. The van der Waals surface area contributed by atoms with E-state index in [0.717, 1.165) is 12.8 Å². The molecule has 1 unspecified atom stereocenters. The lowest BCUT2D eigenvalue weighted by molar-refractivity contribution is -0.118. The molecule has 182 valence electrons. The van der Waals surface area contributed by atoms with E-state index in [9.17, 15) is 9.59 Å². The van der Waals surface area contributed by atoms with E-state index < -0.39 is 0 Å². The van der Waals surface area contributed by atoms with Crippen LogP contribution in [0.15, 0.2) is 42.1 Å². The SMILES string of the molecule is COCCOc1cc2ncnc(NC3=CC(=O)C(OC(C)CCC(C)C)=CC3=O)c2cc1OC. The Morgan fingerprint density at radius 2 is 1.74 bits per heavy atom. The Bertz CT molecular complexity index is 1110. The van der Waals surface area contributed by atoms with Crippen molar-refractivity contribution in [3.05, 3.63) is 42.1 Å². The molecule has 0 aliphatic heterocycles. The normalized spacial score (nSPS) is 14.6. The van der Waals surface area contributed by atoms with Gasteiger partial charge in [0.1, 0.15) is 18.8 Å². The predicted molar refractivity (Wildman–Crippen MR) is 128 cm³/mol. The average Bonchev–Trinajstić information content (AvgIpc) is 2.80. The highest BCUT2D eigenvalue weighted by Gasteiger charge is 2.24. The maximum atomic E-state index is 12.7. The third-order valence-electron chi connectivity index (χ3n) is 5.24. The Labute approximate surface area is 199 Å². The molecule has 34 heavy (non-hydrogen) atoms. The number of ketones is 2. The molecule has 1 aliphatic carbocycles. The van der Waals surface area contributed by atoms with Crippen molar-refractivity contribution in [2.75, 3.05) is 32.8 Å². The van der Waals surface area contributed by atoms with Crippen LogP contribution < -0.4 is 14.8 Å². The van der Waals surface area contributed by atoms with Crippen LogP contribution in [0.4, 0.5) is 5.82 Å². The molecule has 3 rings (SSSR count). The first-order valence-electron chi connectivity index (χ1n) is 11.2. The summed E-state index contributed by atoms with van der Waals surface area (Å²) in [5.74, 6) is 1.20. The lowest BCUT2D eigenvalue weighted by Gasteiger charge is -2.19. The molecule has 1 aromatic heterocycles. The molecule has 2 aromatic rings. The van der Waals surface area contributed by atoms with Gasteiger partial charge in [0.2, 0.25) is 11.6 Å². The summed E-state index contributed by atoms with van der Waals surface area (Å²) < 4.78 is 21.9. The lowest BCUT2D eigenvalue weighted by Crippen LogP contribution is -2.22. The number of allylic oxidation sites excluding steroid dienone is 2. The molecule has 1 heterocycles. The van der Waals surface area contributed by atoms with Crippen LogP contribution in [0, 0.1) is 5.92 Å². The molecule has 0 amide bonds. The standard InChI is InChI=1S/C25H31N3O6/c1-15(2)6-7-16(3)34-22-13-20(29)19(11-21(22)30)28-25-17-10-23(32-5)24(33-9-8-31-4)12-18(17)26-14-27-25/h10-16H,6-9H2,1-5H3,(H,26,27,28). The van der Waals surface area contributed by atoms with Gasteiger partial charge in [0.05, 0.1) is 31.0 Å².